The fraction of sp³-hybridized carbons (Fsp3) is 0.292. The minimum atomic E-state index is -0.726. The molecule has 0 aliphatic heterocycles. The number of nitrogens with one attached hydrogen (secondary N) is 1. The third-order valence-corrected chi connectivity index (χ3v) is 4.69. The normalized spacial score (nSPS) is 10.0. The third-order valence-electron chi connectivity index (χ3n) is 4.69. The summed E-state index contributed by atoms with van der Waals surface area (Å²) in [7, 11) is 3.09. The van der Waals surface area contributed by atoms with Crippen molar-refractivity contribution >= 4 is 17.5 Å². The lowest BCUT2D eigenvalue weighted by Crippen LogP contribution is -2.24. The number of carbonyl (C=O) groups is 2. The molecule has 3 aromatic rings. The topological polar surface area (TPSA) is 82.5 Å². The number of hydrogen-bond donors (Lipinski definition) is 1. The van der Waals surface area contributed by atoms with Gasteiger partial charge in [0, 0.05) is 17.7 Å². The van der Waals surface area contributed by atoms with Crippen LogP contribution in [0.1, 0.15) is 42.3 Å². The van der Waals surface area contributed by atoms with Crippen molar-refractivity contribution in [3.63, 3.8) is 0 Å². The lowest BCUT2D eigenvalue weighted by atomic mass is 10.0. The summed E-state index contributed by atoms with van der Waals surface area (Å²) in [5.74, 6) is 0.152. The standard InChI is InChI=1S/C22H23N3O4.C2H6/c1-5-15-6-7-16(12-14(15)2)21(26)22(27)24-20-10-11-23-25(20)17-8-9-18(28-3)19(13-17)29-4;1-2/h6-13H,5H2,1-4H3,(H,24,27);1-2H3. The average molecular weight is 424 g/mol. The highest BCUT2D eigenvalue weighted by Gasteiger charge is 2.19. The van der Waals surface area contributed by atoms with Gasteiger partial charge in [-0.2, -0.15) is 5.10 Å². The largest absolute Gasteiger partial charge is 0.493 e. The van der Waals surface area contributed by atoms with Crippen LogP contribution in [0, 0.1) is 6.92 Å². The number of amides is 1. The van der Waals surface area contributed by atoms with Crippen LogP contribution in [0.2, 0.25) is 0 Å². The van der Waals surface area contributed by atoms with Crippen LogP contribution in [0.4, 0.5) is 5.82 Å². The Morgan fingerprint density at radius 1 is 1.00 bits per heavy atom. The van der Waals surface area contributed by atoms with E-state index in [1.165, 1.54) is 18.0 Å². The van der Waals surface area contributed by atoms with Crippen molar-refractivity contribution in [1.82, 2.24) is 9.78 Å². The zero-order chi connectivity index (χ0) is 23.0. The molecule has 0 atom stereocenters. The summed E-state index contributed by atoms with van der Waals surface area (Å²) < 4.78 is 12.1. The predicted molar refractivity (Wildman–Crippen MR) is 122 cm³/mol. The number of rotatable bonds is 7. The van der Waals surface area contributed by atoms with Crippen LogP contribution in [-0.2, 0) is 11.2 Å². The van der Waals surface area contributed by atoms with E-state index in [-0.39, 0.29) is 0 Å². The fourth-order valence-electron chi connectivity index (χ4n) is 3.10. The number of carbonyl (C=O) groups excluding carboxylic acids is 2. The molecule has 164 valence electrons. The second-order valence-electron chi connectivity index (χ2n) is 6.45. The molecular formula is C24H29N3O4. The summed E-state index contributed by atoms with van der Waals surface area (Å²) in [4.78, 5) is 25.1. The van der Waals surface area contributed by atoms with Gasteiger partial charge in [0.15, 0.2) is 11.5 Å². The van der Waals surface area contributed by atoms with E-state index < -0.39 is 11.7 Å². The molecule has 0 unspecified atom stereocenters. The van der Waals surface area contributed by atoms with Crippen LogP contribution < -0.4 is 14.8 Å². The minimum absolute atomic E-state index is 0.356. The monoisotopic (exact) mass is 423 g/mol. The van der Waals surface area contributed by atoms with E-state index >= 15 is 0 Å². The van der Waals surface area contributed by atoms with Gasteiger partial charge in [0.25, 0.3) is 11.7 Å². The Hall–Kier alpha value is -3.61. The molecule has 0 fully saturated rings. The lowest BCUT2D eigenvalue weighted by molar-refractivity contribution is -0.112. The van der Waals surface area contributed by atoms with Crippen molar-refractivity contribution in [1.29, 1.82) is 0 Å². The molecular weight excluding hydrogens is 394 g/mol. The van der Waals surface area contributed by atoms with Gasteiger partial charge in [-0.3, -0.25) is 9.59 Å². The van der Waals surface area contributed by atoms with E-state index in [1.54, 1.807) is 43.5 Å². The summed E-state index contributed by atoms with van der Waals surface area (Å²) in [6.07, 6.45) is 2.41. The Balaban J connectivity index is 0.00000166. The molecule has 31 heavy (non-hydrogen) atoms. The number of aromatic nitrogens is 2. The number of nitrogens with zero attached hydrogens (tertiary/aromatic N) is 2. The number of aryl methyl sites for hydroxylation is 2. The van der Waals surface area contributed by atoms with Gasteiger partial charge >= 0.3 is 0 Å². The van der Waals surface area contributed by atoms with E-state index in [4.69, 9.17) is 9.47 Å². The highest BCUT2D eigenvalue weighted by atomic mass is 16.5. The number of ether oxygens (including phenoxy) is 2. The van der Waals surface area contributed by atoms with Crippen molar-refractivity contribution < 1.29 is 19.1 Å². The predicted octanol–water partition coefficient (Wildman–Crippen LogP) is 4.61. The van der Waals surface area contributed by atoms with Crippen LogP contribution in [0.5, 0.6) is 11.5 Å². The number of Topliss-reactive ketones (excluding diaryl/α,β-unsaturated/α-hetero) is 1. The molecule has 1 heterocycles. The summed E-state index contributed by atoms with van der Waals surface area (Å²) >= 11 is 0. The number of hydrogen-bond acceptors (Lipinski definition) is 5. The summed E-state index contributed by atoms with van der Waals surface area (Å²) in [5, 5.41) is 6.87. The molecule has 0 spiro atoms. The van der Waals surface area contributed by atoms with Gasteiger partial charge in [-0.25, -0.2) is 4.68 Å². The van der Waals surface area contributed by atoms with Crippen molar-refractivity contribution in [2.75, 3.05) is 19.5 Å². The van der Waals surface area contributed by atoms with Crippen LogP contribution >= 0.6 is 0 Å². The lowest BCUT2D eigenvalue weighted by Gasteiger charge is -2.12. The van der Waals surface area contributed by atoms with E-state index in [0.717, 1.165) is 17.5 Å². The molecule has 7 heteroatoms. The van der Waals surface area contributed by atoms with Gasteiger partial charge in [-0.15, -0.1) is 0 Å². The maximum Gasteiger partial charge on any atom is 0.297 e. The van der Waals surface area contributed by atoms with Crippen LogP contribution in [-0.4, -0.2) is 35.7 Å². The SMILES string of the molecule is CC.CCc1ccc(C(=O)C(=O)Nc2ccnn2-c2ccc(OC)c(OC)c2)cc1C. The zero-order valence-corrected chi connectivity index (χ0v) is 18.9. The minimum Gasteiger partial charge on any atom is -0.493 e. The van der Waals surface area contributed by atoms with Gasteiger partial charge in [0.1, 0.15) is 5.82 Å². The first kappa shape index (κ1) is 23.7. The van der Waals surface area contributed by atoms with Crippen molar-refractivity contribution in [2.45, 2.75) is 34.1 Å². The van der Waals surface area contributed by atoms with Crippen LogP contribution in [0.15, 0.2) is 48.7 Å². The molecule has 1 amide bonds. The third kappa shape index (κ3) is 5.31. The van der Waals surface area contributed by atoms with E-state index in [0.29, 0.717) is 28.6 Å². The van der Waals surface area contributed by atoms with E-state index in [2.05, 4.69) is 10.4 Å². The fourth-order valence-corrected chi connectivity index (χ4v) is 3.10. The molecule has 0 saturated carbocycles. The molecule has 2 aromatic carbocycles. The second kappa shape index (κ2) is 11.0. The van der Waals surface area contributed by atoms with E-state index in [1.807, 2.05) is 33.8 Å². The molecule has 0 aliphatic rings. The van der Waals surface area contributed by atoms with Crippen LogP contribution in [0.3, 0.4) is 0 Å². The zero-order valence-electron chi connectivity index (χ0n) is 18.9. The van der Waals surface area contributed by atoms with Gasteiger partial charge in [-0.05, 0) is 42.7 Å². The molecule has 1 aromatic heterocycles. The molecule has 0 aliphatic carbocycles. The van der Waals surface area contributed by atoms with Gasteiger partial charge in [-0.1, -0.05) is 32.9 Å². The maximum absolute atomic E-state index is 12.6. The number of benzene rings is 2. The molecule has 0 saturated heterocycles. The van der Waals surface area contributed by atoms with Crippen LogP contribution in [0.25, 0.3) is 5.69 Å². The Morgan fingerprint density at radius 2 is 1.71 bits per heavy atom. The quantitative estimate of drug-likeness (QED) is 0.443. The van der Waals surface area contributed by atoms with Gasteiger partial charge in [0.05, 0.1) is 26.1 Å². The molecule has 0 bridgehead atoms. The van der Waals surface area contributed by atoms with Gasteiger partial charge < -0.3 is 14.8 Å². The Bertz CT molecular complexity index is 1060. The van der Waals surface area contributed by atoms with Crippen molar-refractivity contribution in [3.05, 3.63) is 65.4 Å². The molecule has 7 nitrogen and oxygen atoms in total. The van der Waals surface area contributed by atoms with E-state index in [9.17, 15) is 9.59 Å². The summed E-state index contributed by atoms with van der Waals surface area (Å²) in [6, 6.07) is 12.2. The first-order chi connectivity index (χ1) is 15.0. The van der Waals surface area contributed by atoms with Crippen molar-refractivity contribution in [3.8, 4) is 17.2 Å². The highest BCUT2D eigenvalue weighted by Crippen LogP contribution is 2.30. The Labute approximate surface area is 183 Å². The maximum atomic E-state index is 12.6. The molecule has 1 N–H and O–H groups in total. The molecule has 3 rings (SSSR count). The smallest absolute Gasteiger partial charge is 0.297 e. The highest BCUT2D eigenvalue weighted by molar-refractivity contribution is 6.46. The number of anilines is 1. The summed E-state index contributed by atoms with van der Waals surface area (Å²) in [6.45, 7) is 7.98. The average Bonchev–Trinajstić information content (AvgIpc) is 3.27. The van der Waals surface area contributed by atoms with Crippen molar-refractivity contribution in [2.24, 2.45) is 0 Å². The molecule has 0 radical (unpaired) electrons. The first-order valence-electron chi connectivity index (χ1n) is 10.2. The summed E-state index contributed by atoms with van der Waals surface area (Å²) in [5.41, 5.74) is 3.14. The first-order valence-corrected chi connectivity index (χ1v) is 10.2. The Morgan fingerprint density at radius 3 is 2.32 bits per heavy atom. The number of methoxy groups -OCH3 is 2. The van der Waals surface area contributed by atoms with Gasteiger partial charge in [0.2, 0.25) is 0 Å². The second-order valence-corrected chi connectivity index (χ2v) is 6.45. The number of ketones is 1. The Kier molecular flexibility index (Phi) is 8.37.